The summed E-state index contributed by atoms with van der Waals surface area (Å²) in [6.07, 6.45) is 8.32. The lowest BCUT2D eigenvalue weighted by molar-refractivity contribution is 0.394. The van der Waals surface area contributed by atoms with Crippen molar-refractivity contribution in [3.8, 4) is 34.6 Å². The van der Waals surface area contributed by atoms with Crippen LogP contribution in [0.25, 0.3) is 22.3 Å². The van der Waals surface area contributed by atoms with E-state index in [0.717, 1.165) is 33.7 Å². The summed E-state index contributed by atoms with van der Waals surface area (Å²) < 4.78 is 11.0. The van der Waals surface area contributed by atoms with Crippen molar-refractivity contribution in [3.63, 3.8) is 0 Å². The molecule has 9 heteroatoms. The monoisotopic (exact) mass is 475 g/mol. The maximum atomic E-state index is 5.49. The van der Waals surface area contributed by atoms with Crippen molar-refractivity contribution in [1.29, 1.82) is 0 Å². The van der Waals surface area contributed by atoms with Gasteiger partial charge < -0.3 is 14.4 Å². The Morgan fingerprint density at radius 3 is 2.42 bits per heavy atom. The van der Waals surface area contributed by atoms with Gasteiger partial charge in [0.15, 0.2) is 0 Å². The maximum absolute atomic E-state index is 5.49. The van der Waals surface area contributed by atoms with E-state index in [1.807, 2.05) is 53.4 Å². The summed E-state index contributed by atoms with van der Waals surface area (Å²) in [6.45, 7) is 0.343. The smallest absolute Gasteiger partial charge is 0.225 e. The van der Waals surface area contributed by atoms with E-state index in [2.05, 4.69) is 37.0 Å². The molecule has 0 bridgehead atoms. The van der Waals surface area contributed by atoms with Crippen molar-refractivity contribution in [1.82, 2.24) is 30.1 Å². The minimum absolute atomic E-state index is 0.343. The number of methoxy groups -OCH3 is 2. The Morgan fingerprint density at radius 2 is 1.69 bits per heavy atom. The molecule has 0 fully saturated rings. The van der Waals surface area contributed by atoms with Crippen LogP contribution in [-0.4, -0.2) is 50.9 Å². The first-order valence-electron chi connectivity index (χ1n) is 11.0. The molecule has 3 heterocycles. The molecule has 0 atom stereocenters. The zero-order chi connectivity index (χ0) is 24.7. The Labute approximate surface area is 207 Å². The molecule has 5 aromatic rings. The minimum atomic E-state index is 0.343. The molecule has 0 spiro atoms. The zero-order valence-corrected chi connectivity index (χ0v) is 19.7. The van der Waals surface area contributed by atoms with E-state index in [1.54, 1.807) is 39.0 Å². The maximum Gasteiger partial charge on any atom is 0.225 e. The van der Waals surface area contributed by atoms with E-state index >= 15 is 0 Å². The van der Waals surface area contributed by atoms with Crippen LogP contribution in [0.4, 0.5) is 11.4 Å². The predicted molar refractivity (Wildman–Crippen MR) is 136 cm³/mol. The van der Waals surface area contributed by atoms with Crippen LogP contribution in [0.15, 0.2) is 79.5 Å². The first-order chi connectivity index (χ1) is 17.7. The molecular weight excluding hydrogens is 454 g/mol. The second kappa shape index (κ2) is 10.4. The highest BCUT2D eigenvalue weighted by Crippen LogP contribution is 2.34. The Hall–Kier alpha value is -5.10. The summed E-state index contributed by atoms with van der Waals surface area (Å²) in [7, 11) is 3.24. The van der Waals surface area contributed by atoms with Crippen LogP contribution in [0.2, 0.25) is 0 Å². The van der Waals surface area contributed by atoms with Crippen LogP contribution < -0.4 is 14.4 Å². The molecule has 0 aliphatic rings. The van der Waals surface area contributed by atoms with Crippen molar-refractivity contribution < 1.29 is 9.47 Å². The van der Waals surface area contributed by atoms with Crippen LogP contribution in [0.5, 0.6) is 11.5 Å². The Kier molecular flexibility index (Phi) is 6.58. The summed E-state index contributed by atoms with van der Waals surface area (Å²) in [5.41, 5.74) is 4.88. The Bertz CT molecular complexity index is 1530. The molecule has 2 aromatic carbocycles. The number of nitrogens with zero attached hydrogens (tertiary/aromatic N) is 7. The van der Waals surface area contributed by atoms with E-state index in [0.29, 0.717) is 23.9 Å². The lowest BCUT2D eigenvalue weighted by atomic mass is 10.1. The van der Waals surface area contributed by atoms with Crippen LogP contribution in [0.1, 0.15) is 5.82 Å². The van der Waals surface area contributed by atoms with Gasteiger partial charge in [-0.3, -0.25) is 9.97 Å². The quantitative estimate of drug-likeness (QED) is 0.336. The van der Waals surface area contributed by atoms with Gasteiger partial charge in [-0.2, -0.15) is 5.10 Å². The normalized spacial score (nSPS) is 10.4. The molecule has 0 unspecified atom stereocenters. The van der Waals surface area contributed by atoms with Crippen LogP contribution in [0, 0.1) is 11.8 Å². The Morgan fingerprint density at radius 1 is 0.833 bits per heavy atom. The first kappa shape index (κ1) is 22.7. The number of pyridine rings is 1. The number of ether oxygens (including phenoxy) is 2. The van der Waals surface area contributed by atoms with Gasteiger partial charge in [-0.25, -0.2) is 9.97 Å². The molecule has 0 saturated heterocycles. The van der Waals surface area contributed by atoms with Gasteiger partial charge in [0.2, 0.25) is 5.82 Å². The van der Waals surface area contributed by atoms with Gasteiger partial charge >= 0.3 is 0 Å². The van der Waals surface area contributed by atoms with E-state index < -0.39 is 0 Å². The van der Waals surface area contributed by atoms with Gasteiger partial charge in [0, 0.05) is 47.5 Å². The van der Waals surface area contributed by atoms with Crippen molar-refractivity contribution in [2.24, 2.45) is 0 Å². The zero-order valence-electron chi connectivity index (χ0n) is 19.7. The van der Waals surface area contributed by atoms with E-state index in [4.69, 9.17) is 14.5 Å². The fraction of sp³-hybridized carbons (Fsp3) is 0.111. The molecule has 36 heavy (non-hydrogen) atoms. The fourth-order valence-electron chi connectivity index (χ4n) is 3.60. The second-order valence-corrected chi connectivity index (χ2v) is 7.60. The predicted octanol–water partition coefficient (Wildman–Crippen LogP) is 4.08. The van der Waals surface area contributed by atoms with Gasteiger partial charge in [-0.05, 0) is 36.3 Å². The lowest BCUT2D eigenvalue weighted by Crippen LogP contribution is -2.17. The fourth-order valence-corrected chi connectivity index (χ4v) is 3.60. The molecular formula is C27H21N7O2. The van der Waals surface area contributed by atoms with Crippen molar-refractivity contribution in [2.75, 3.05) is 25.7 Å². The van der Waals surface area contributed by atoms with Gasteiger partial charge in [-0.1, -0.05) is 5.92 Å². The molecule has 0 radical (unpaired) electrons. The number of hydrogen-bond acceptors (Lipinski definition) is 9. The summed E-state index contributed by atoms with van der Waals surface area (Å²) >= 11 is 0. The minimum Gasteiger partial charge on any atom is -0.497 e. The molecule has 5 rings (SSSR count). The number of hydrogen-bond donors (Lipinski definition) is 0. The molecule has 0 aliphatic carbocycles. The van der Waals surface area contributed by atoms with Gasteiger partial charge in [-0.15, -0.1) is 5.10 Å². The highest BCUT2D eigenvalue weighted by Gasteiger charge is 2.14. The number of benzene rings is 2. The number of aromatic nitrogens is 6. The van der Waals surface area contributed by atoms with Crippen LogP contribution >= 0.6 is 0 Å². The van der Waals surface area contributed by atoms with Crippen molar-refractivity contribution >= 4 is 22.4 Å². The number of fused-ring (bicyclic) bond motifs is 1. The summed E-state index contributed by atoms with van der Waals surface area (Å²) in [6, 6.07) is 15.4. The third-order valence-electron chi connectivity index (χ3n) is 5.36. The molecule has 0 saturated carbocycles. The number of anilines is 2. The SMILES string of the molecule is COc1cc(OC)cc(N(CC#Cc2nccnn2)c2ccc3ncc(-c4cccnc4)nc3c2)c1. The third-order valence-corrected chi connectivity index (χ3v) is 5.36. The molecule has 176 valence electrons. The molecule has 3 aromatic heterocycles. The van der Waals surface area contributed by atoms with Gasteiger partial charge in [0.25, 0.3) is 0 Å². The van der Waals surface area contributed by atoms with E-state index in [9.17, 15) is 0 Å². The molecule has 0 aliphatic heterocycles. The summed E-state index contributed by atoms with van der Waals surface area (Å²) in [5.74, 6) is 7.79. The third kappa shape index (κ3) is 5.03. The van der Waals surface area contributed by atoms with Crippen LogP contribution in [-0.2, 0) is 0 Å². The average Bonchev–Trinajstić information content (AvgIpc) is 2.95. The van der Waals surface area contributed by atoms with E-state index in [1.165, 1.54) is 6.20 Å². The summed E-state index contributed by atoms with van der Waals surface area (Å²) in [5, 5.41) is 7.77. The van der Waals surface area contributed by atoms with Gasteiger partial charge in [0.1, 0.15) is 11.5 Å². The number of rotatable bonds is 6. The van der Waals surface area contributed by atoms with E-state index in [-0.39, 0.29) is 0 Å². The standard InChI is InChI=1S/C27H21N7O2/c1-35-22-13-21(14-23(16-22)36-2)34(12-4-6-27-29-10-11-31-33-27)20-7-8-24-25(15-20)32-26(18-30-24)19-5-3-9-28-17-19/h3,5,7-11,13-18H,12H2,1-2H3. The molecule has 0 amide bonds. The lowest BCUT2D eigenvalue weighted by Gasteiger charge is -2.24. The average molecular weight is 476 g/mol. The topological polar surface area (TPSA) is 99.0 Å². The first-order valence-corrected chi connectivity index (χ1v) is 11.0. The molecule has 9 nitrogen and oxygen atoms in total. The van der Waals surface area contributed by atoms with Crippen LogP contribution in [0.3, 0.4) is 0 Å². The highest BCUT2D eigenvalue weighted by atomic mass is 16.5. The summed E-state index contributed by atoms with van der Waals surface area (Å²) in [4.78, 5) is 19.8. The van der Waals surface area contributed by atoms with Crippen molar-refractivity contribution in [3.05, 3.63) is 85.3 Å². The molecule has 0 N–H and O–H groups in total. The second-order valence-electron chi connectivity index (χ2n) is 7.60. The van der Waals surface area contributed by atoms with Crippen molar-refractivity contribution in [2.45, 2.75) is 0 Å². The largest absolute Gasteiger partial charge is 0.497 e. The van der Waals surface area contributed by atoms with Gasteiger partial charge in [0.05, 0.1) is 56.1 Å². The highest BCUT2D eigenvalue weighted by molar-refractivity contribution is 5.83. The Balaban J connectivity index is 1.58.